The first-order chi connectivity index (χ1) is 20.0. The molecule has 0 atom stereocenters. The summed E-state index contributed by atoms with van der Waals surface area (Å²) >= 11 is 1.62. The zero-order chi connectivity index (χ0) is 29.2. The number of benzene rings is 2. The van der Waals surface area contributed by atoms with Crippen molar-refractivity contribution < 1.29 is 28.5 Å². The molecule has 1 fully saturated rings. The molecule has 220 valence electrons. The fourth-order valence-electron chi connectivity index (χ4n) is 5.32. The number of thiophene rings is 1. The van der Waals surface area contributed by atoms with Gasteiger partial charge in [-0.15, -0.1) is 11.3 Å². The average Bonchev–Trinajstić information content (AvgIpc) is 3.54. The van der Waals surface area contributed by atoms with Gasteiger partial charge in [0.15, 0.2) is 11.5 Å². The summed E-state index contributed by atoms with van der Waals surface area (Å²) in [5, 5.41) is 2.01. The number of hydrogen-bond donors (Lipinski definition) is 0. The van der Waals surface area contributed by atoms with Gasteiger partial charge < -0.3 is 28.7 Å². The molecule has 1 saturated carbocycles. The monoisotopic (exact) mass is 580 g/mol. The van der Waals surface area contributed by atoms with Crippen LogP contribution >= 0.6 is 11.3 Å². The number of hydrogen-bond acceptors (Lipinski definition) is 7. The van der Waals surface area contributed by atoms with Crippen molar-refractivity contribution in [3.63, 3.8) is 0 Å². The Kier molecular flexibility index (Phi) is 10.9. The Bertz CT molecular complexity index is 1290. The Morgan fingerprint density at radius 3 is 2.27 bits per heavy atom. The topological polar surface area (TPSA) is 77.5 Å². The van der Waals surface area contributed by atoms with Crippen LogP contribution in [0.3, 0.4) is 0 Å². The second kappa shape index (κ2) is 14.8. The van der Waals surface area contributed by atoms with Crippen molar-refractivity contribution in [3.05, 3.63) is 69.9 Å². The molecule has 3 aromatic rings. The van der Waals surface area contributed by atoms with Gasteiger partial charge in [0.1, 0.15) is 18.0 Å². The fourth-order valence-corrected chi connectivity index (χ4v) is 6.04. The number of rotatable bonds is 13. The van der Waals surface area contributed by atoms with Crippen LogP contribution < -0.4 is 18.9 Å². The number of amides is 2. The Labute approximate surface area is 246 Å². The molecule has 1 aliphatic rings. The Morgan fingerprint density at radius 2 is 1.61 bits per heavy atom. The van der Waals surface area contributed by atoms with Crippen molar-refractivity contribution in [1.29, 1.82) is 0 Å². The summed E-state index contributed by atoms with van der Waals surface area (Å²) < 4.78 is 21.7. The molecule has 0 bridgehead atoms. The van der Waals surface area contributed by atoms with Gasteiger partial charge in [-0.2, -0.15) is 0 Å². The zero-order valence-corrected chi connectivity index (χ0v) is 25.2. The van der Waals surface area contributed by atoms with Crippen molar-refractivity contribution in [1.82, 2.24) is 9.80 Å². The van der Waals surface area contributed by atoms with Gasteiger partial charge in [-0.05, 0) is 60.5 Å². The van der Waals surface area contributed by atoms with E-state index in [2.05, 4.69) is 0 Å². The van der Waals surface area contributed by atoms with Gasteiger partial charge in [0.05, 0.1) is 40.5 Å². The molecule has 0 unspecified atom stereocenters. The predicted octanol–water partition coefficient (Wildman–Crippen LogP) is 5.83. The second-order valence-electron chi connectivity index (χ2n) is 10.1. The van der Waals surface area contributed by atoms with Crippen molar-refractivity contribution in [2.45, 2.75) is 51.1 Å². The minimum absolute atomic E-state index is 0.00134. The molecule has 0 radical (unpaired) electrons. The number of carbonyl (C=O) groups excluding carboxylic acids is 2. The van der Waals surface area contributed by atoms with E-state index < -0.39 is 0 Å². The van der Waals surface area contributed by atoms with E-state index >= 15 is 0 Å². The van der Waals surface area contributed by atoms with Gasteiger partial charge >= 0.3 is 0 Å². The van der Waals surface area contributed by atoms with E-state index in [9.17, 15) is 9.59 Å². The third-order valence-electron chi connectivity index (χ3n) is 7.62. The molecule has 4 rings (SSSR count). The minimum atomic E-state index is -0.194. The molecule has 8 nitrogen and oxygen atoms in total. The normalized spacial score (nSPS) is 13.4. The highest BCUT2D eigenvalue weighted by Gasteiger charge is 2.31. The lowest BCUT2D eigenvalue weighted by molar-refractivity contribution is -0.133. The zero-order valence-electron chi connectivity index (χ0n) is 24.4. The van der Waals surface area contributed by atoms with Crippen LogP contribution in [0.5, 0.6) is 23.0 Å². The number of methoxy groups -OCH3 is 4. The predicted molar refractivity (Wildman–Crippen MR) is 160 cm³/mol. The maximum absolute atomic E-state index is 14.0. The van der Waals surface area contributed by atoms with Gasteiger partial charge in [0.2, 0.25) is 5.91 Å². The van der Waals surface area contributed by atoms with E-state index in [1.807, 2.05) is 40.6 Å². The van der Waals surface area contributed by atoms with E-state index in [4.69, 9.17) is 18.9 Å². The molecule has 0 N–H and O–H groups in total. The van der Waals surface area contributed by atoms with Gasteiger partial charge in [0.25, 0.3) is 5.91 Å². The van der Waals surface area contributed by atoms with Gasteiger partial charge in [0, 0.05) is 23.5 Å². The number of nitrogens with zero attached hydrogens (tertiary/aromatic N) is 2. The van der Waals surface area contributed by atoms with Crippen LogP contribution in [0.25, 0.3) is 0 Å². The lowest BCUT2D eigenvalue weighted by atomic mass is 9.93. The molecule has 1 aromatic heterocycles. The highest BCUT2D eigenvalue weighted by Crippen LogP contribution is 2.30. The molecule has 1 heterocycles. The maximum Gasteiger partial charge on any atom is 0.258 e. The fraction of sp³-hybridized carbons (Fsp3) is 0.438. The van der Waals surface area contributed by atoms with Crippen LogP contribution in [0, 0.1) is 0 Å². The minimum Gasteiger partial charge on any atom is -0.497 e. The van der Waals surface area contributed by atoms with E-state index in [-0.39, 0.29) is 24.4 Å². The summed E-state index contributed by atoms with van der Waals surface area (Å²) in [6, 6.07) is 15.0. The first kappa shape index (κ1) is 30.2. The lowest BCUT2D eigenvalue weighted by Crippen LogP contribution is -2.48. The summed E-state index contributed by atoms with van der Waals surface area (Å²) in [5.41, 5.74) is 1.47. The van der Waals surface area contributed by atoms with E-state index in [0.29, 0.717) is 48.1 Å². The first-order valence-electron chi connectivity index (χ1n) is 14.0. The quantitative estimate of drug-likeness (QED) is 0.253. The van der Waals surface area contributed by atoms with Crippen molar-refractivity contribution in [2.24, 2.45) is 0 Å². The van der Waals surface area contributed by atoms with Crippen molar-refractivity contribution in [3.8, 4) is 23.0 Å². The smallest absolute Gasteiger partial charge is 0.258 e. The van der Waals surface area contributed by atoms with Crippen LogP contribution in [0.2, 0.25) is 0 Å². The SMILES string of the molecule is COc1ccc(C(=O)N(CC(=O)N(CCc2ccc(OC)c(OC)c2)Cc2cccs2)C2CCCCC2)c(OC)c1. The van der Waals surface area contributed by atoms with Crippen molar-refractivity contribution >= 4 is 23.2 Å². The molecular weight excluding hydrogens is 540 g/mol. The van der Waals surface area contributed by atoms with E-state index in [1.165, 1.54) is 0 Å². The summed E-state index contributed by atoms with van der Waals surface area (Å²) in [6.45, 7) is 1.00. The first-order valence-corrected chi connectivity index (χ1v) is 14.9. The summed E-state index contributed by atoms with van der Waals surface area (Å²) in [5.74, 6) is 2.09. The third-order valence-corrected chi connectivity index (χ3v) is 8.48. The van der Waals surface area contributed by atoms with Crippen LogP contribution in [0.15, 0.2) is 53.9 Å². The Morgan fingerprint density at radius 1 is 0.854 bits per heavy atom. The molecule has 0 saturated heterocycles. The third kappa shape index (κ3) is 7.73. The summed E-state index contributed by atoms with van der Waals surface area (Å²) in [6.07, 6.45) is 5.64. The molecule has 9 heteroatoms. The van der Waals surface area contributed by atoms with Crippen LogP contribution in [0.1, 0.15) is 52.9 Å². The average molecular weight is 581 g/mol. The molecule has 0 aliphatic heterocycles. The van der Waals surface area contributed by atoms with Gasteiger partial charge in [-0.25, -0.2) is 0 Å². The van der Waals surface area contributed by atoms with E-state index in [1.54, 1.807) is 62.9 Å². The largest absolute Gasteiger partial charge is 0.497 e. The summed E-state index contributed by atoms with van der Waals surface area (Å²) in [7, 11) is 6.34. The van der Waals surface area contributed by atoms with Crippen LogP contribution in [-0.4, -0.2) is 69.2 Å². The molecule has 41 heavy (non-hydrogen) atoms. The summed E-state index contributed by atoms with van der Waals surface area (Å²) in [4.78, 5) is 32.7. The van der Waals surface area contributed by atoms with Gasteiger partial charge in [-0.1, -0.05) is 31.4 Å². The van der Waals surface area contributed by atoms with Crippen molar-refractivity contribution in [2.75, 3.05) is 41.5 Å². The standard InChI is InChI=1S/C32H40N2O6S/c1-37-25-13-14-27(29(20-25)39-3)32(36)34(24-9-6-5-7-10-24)22-31(35)33(21-26-11-8-18-41-26)17-16-23-12-15-28(38-2)30(19-23)40-4/h8,11-15,18-20,24H,5-7,9-10,16-17,21-22H2,1-4H3. The second-order valence-corrected chi connectivity index (χ2v) is 11.2. The Hall–Kier alpha value is -3.72. The molecule has 0 spiro atoms. The molecular formula is C32H40N2O6S. The lowest BCUT2D eigenvalue weighted by Gasteiger charge is -2.36. The van der Waals surface area contributed by atoms with Gasteiger partial charge in [-0.3, -0.25) is 9.59 Å². The number of ether oxygens (including phenoxy) is 4. The molecule has 1 aliphatic carbocycles. The van der Waals surface area contributed by atoms with E-state index in [0.717, 1.165) is 42.5 Å². The Balaban J connectivity index is 1.58. The maximum atomic E-state index is 14.0. The molecule has 2 amide bonds. The van der Waals surface area contributed by atoms with Crippen LogP contribution in [0.4, 0.5) is 0 Å². The number of carbonyl (C=O) groups is 2. The van der Waals surface area contributed by atoms with Crippen LogP contribution in [-0.2, 0) is 17.8 Å². The highest BCUT2D eigenvalue weighted by molar-refractivity contribution is 7.09. The molecule has 2 aromatic carbocycles. The highest BCUT2D eigenvalue weighted by atomic mass is 32.1.